The molecule has 2 fully saturated rings. The average molecular weight is 226 g/mol. The zero-order chi connectivity index (χ0) is 11.4. The molecule has 0 aromatic carbocycles. The predicted octanol–water partition coefficient (Wildman–Crippen LogP) is 1.61. The van der Waals surface area contributed by atoms with Crippen LogP contribution in [0.2, 0.25) is 0 Å². The Morgan fingerprint density at radius 3 is 2.88 bits per heavy atom. The van der Waals surface area contributed by atoms with Crippen molar-refractivity contribution in [2.24, 2.45) is 11.7 Å². The summed E-state index contributed by atoms with van der Waals surface area (Å²) in [6.45, 7) is 6.57. The van der Waals surface area contributed by atoms with Gasteiger partial charge in [0.2, 0.25) is 0 Å². The van der Waals surface area contributed by atoms with Crippen molar-refractivity contribution in [3.05, 3.63) is 0 Å². The van der Waals surface area contributed by atoms with E-state index in [1.807, 2.05) is 0 Å². The molecule has 0 saturated carbocycles. The third-order valence-corrected chi connectivity index (χ3v) is 4.20. The monoisotopic (exact) mass is 226 g/mol. The van der Waals surface area contributed by atoms with Gasteiger partial charge in [-0.3, -0.25) is 0 Å². The lowest BCUT2D eigenvalue weighted by Crippen LogP contribution is -2.44. The number of nitrogens with zero attached hydrogens (tertiary/aromatic N) is 1. The Labute approximate surface area is 99.3 Å². The van der Waals surface area contributed by atoms with Crippen LogP contribution in [0.3, 0.4) is 0 Å². The first-order chi connectivity index (χ1) is 7.79. The first kappa shape index (κ1) is 12.3. The highest BCUT2D eigenvalue weighted by atomic mass is 16.5. The molecule has 2 aliphatic heterocycles. The molecular weight excluding hydrogens is 200 g/mol. The Kier molecular flexibility index (Phi) is 4.62. The molecule has 2 aliphatic rings. The van der Waals surface area contributed by atoms with E-state index in [2.05, 4.69) is 11.8 Å². The van der Waals surface area contributed by atoms with Gasteiger partial charge >= 0.3 is 0 Å². The summed E-state index contributed by atoms with van der Waals surface area (Å²) in [6, 6.07) is 0.740. The van der Waals surface area contributed by atoms with E-state index in [0.717, 1.165) is 25.1 Å². The standard InChI is InChI=1S/C13H26N2O/c1-11-4-5-12(9-14)10-15(11)7-6-13-3-2-8-16-13/h11-13H,2-10,14H2,1H3. The molecule has 3 heteroatoms. The number of hydrogen-bond donors (Lipinski definition) is 1. The van der Waals surface area contributed by atoms with E-state index in [1.165, 1.54) is 45.2 Å². The van der Waals surface area contributed by atoms with Gasteiger partial charge in [0.05, 0.1) is 6.10 Å². The highest BCUT2D eigenvalue weighted by Gasteiger charge is 2.25. The van der Waals surface area contributed by atoms with Crippen LogP contribution in [0, 0.1) is 5.92 Å². The molecule has 16 heavy (non-hydrogen) atoms. The molecule has 0 aliphatic carbocycles. The fourth-order valence-corrected chi connectivity index (χ4v) is 2.95. The van der Waals surface area contributed by atoms with Crippen LogP contribution in [0.1, 0.15) is 39.0 Å². The summed E-state index contributed by atoms with van der Waals surface area (Å²) in [5.41, 5.74) is 5.78. The van der Waals surface area contributed by atoms with E-state index < -0.39 is 0 Å². The lowest BCUT2D eigenvalue weighted by molar-refractivity contribution is 0.0679. The summed E-state index contributed by atoms with van der Waals surface area (Å²) in [6.07, 6.45) is 6.89. The fraction of sp³-hybridized carbons (Fsp3) is 1.00. The van der Waals surface area contributed by atoms with Crippen molar-refractivity contribution in [3.8, 4) is 0 Å². The number of likely N-dealkylation sites (tertiary alicyclic amines) is 1. The predicted molar refractivity (Wildman–Crippen MR) is 66.4 cm³/mol. The van der Waals surface area contributed by atoms with Crippen molar-refractivity contribution in [1.29, 1.82) is 0 Å². The number of nitrogens with two attached hydrogens (primary N) is 1. The Morgan fingerprint density at radius 1 is 1.31 bits per heavy atom. The molecular formula is C13H26N2O. The third kappa shape index (κ3) is 3.19. The summed E-state index contributed by atoms with van der Waals surface area (Å²) in [5, 5.41) is 0. The fourth-order valence-electron chi connectivity index (χ4n) is 2.95. The lowest BCUT2D eigenvalue weighted by atomic mass is 9.93. The van der Waals surface area contributed by atoms with Crippen molar-refractivity contribution < 1.29 is 4.74 Å². The minimum Gasteiger partial charge on any atom is -0.378 e. The molecule has 2 saturated heterocycles. The van der Waals surface area contributed by atoms with Gasteiger partial charge in [-0.2, -0.15) is 0 Å². The highest BCUT2D eigenvalue weighted by molar-refractivity contribution is 4.80. The van der Waals surface area contributed by atoms with Crippen LogP contribution in [0.5, 0.6) is 0 Å². The minimum atomic E-state index is 0.533. The van der Waals surface area contributed by atoms with Crippen LogP contribution in [0.15, 0.2) is 0 Å². The second kappa shape index (κ2) is 5.99. The molecule has 2 rings (SSSR count). The van der Waals surface area contributed by atoms with E-state index in [4.69, 9.17) is 10.5 Å². The van der Waals surface area contributed by atoms with Crippen LogP contribution < -0.4 is 5.73 Å². The van der Waals surface area contributed by atoms with Crippen molar-refractivity contribution in [1.82, 2.24) is 4.90 Å². The van der Waals surface area contributed by atoms with E-state index in [0.29, 0.717) is 6.10 Å². The molecule has 2 heterocycles. The minimum absolute atomic E-state index is 0.533. The molecule has 0 bridgehead atoms. The average Bonchev–Trinajstić information content (AvgIpc) is 2.81. The lowest BCUT2D eigenvalue weighted by Gasteiger charge is -2.38. The first-order valence-electron chi connectivity index (χ1n) is 6.85. The second-order valence-corrected chi connectivity index (χ2v) is 5.45. The Balaban J connectivity index is 1.73. The molecule has 94 valence electrons. The van der Waals surface area contributed by atoms with Crippen LogP contribution in [0.25, 0.3) is 0 Å². The molecule has 0 radical (unpaired) electrons. The van der Waals surface area contributed by atoms with E-state index in [1.54, 1.807) is 0 Å². The summed E-state index contributed by atoms with van der Waals surface area (Å²) >= 11 is 0. The SMILES string of the molecule is CC1CCC(CN)CN1CCC1CCCO1. The van der Waals surface area contributed by atoms with Crippen molar-refractivity contribution in [2.45, 2.75) is 51.2 Å². The summed E-state index contributed by atoms with van der Waals surface area (Å²) < 4.78 is 5.68. The zero-order valence-electron chi connectivity index (χ0n) is 10.5. The normalized spacial score (nSPS) is 36.8. The maximum atomic E-state index is 5.78. The van der Waals surface area contributed by atoms with Gasteiger partial charge in [0, 0.05) is 25.7 Å². The smallest absolute Gasteiger partial charge is 0.0588 e. The van der Waals surface area contributed by atoms with Crippen LogP contribution in [-0.2, 0) is 4.74 Å². The molecule has 3 nitrogen and oxygen atoms in total. The maximum Gasteiger partial charge on any atom is 0.0588 e. The molecule has 0 aromatic rings. The van der Waals surface area contributed by atoms with Gasteiger partial charge < -0.3 is 15.4 Å². The molecule has 3 atom stereocenters. The summed E-state index contributed by atoms with van der Waals surface area (Å²) in [7, 11) is 0. The summed E-state index contributed by atoms with van der Waals surface area (Å²) in [5.74, 6) is 0.723. The number of piperidine rings is 1. The van der Waals surface area contributed by atoms with E-state index >= 15 is 0 Å². The second-order valence-electron chi connectivity index (χ2n) is 5.45. The van der Waals surface area contributed by atoms with Gasteiger partial charge in [0.25, 0.3) is 0 Å². The quantitative estimate of drug-likeness (QED) is 0.791. The number of hydrogen-bond acceptors (Lipinski definition) is 3. The summed E-state index contributed by atoms with van der Waals surface area (Å²) in [4.78, 5) is 2.61. The van der Waals surface area contributed by atoms with Gasteiger partial charge in [-0.25, -0.2) is 0 Å². The van der Waals surface area contributed by atoms with Crippen molar-refractivity contribution in [2.75, 3.05) is 26.2 Å². The van der Waals surface area contributed by atoms with Crippen LogP contribution >= 0.6 is 0 Å². The maximum absolute atomic E-state index is 5.78. The largest absolute Gasteiger partial charge is 0.378 e. The van der Waals surface area contributed by atoms with Crippen LogP contribution in [0.4, 0.5) is 0 Å². The Morgan fingerprint density at radius 2 is 2.19 bits per heavy atom. The first-order valence-corrected chi connectivity index (χ1v) is 6.85. The molecule has 0 amide bonds. The van der Waals surface area contributed by atoms with Gasteiger partial charge in [-0.05, 0) is 51.5 Å². The van der Waals surface area contributed by atoms with Crippen LogP contribution in [-0.4, -0.2) is 43.3 Å². The molecule has 0 spiro atoms. The number of ether oxygens (including phenoxy) is 1. The van der Waals surface area contributed by atoms with Gasteiger partial charge in [0.15, 0.2) is 0 Å². The third-order valence-electron chi connectivity index (χ3n) is 4.20. The Hall–Kier alpha value is -0.120. The zero-order valence-corrected chi connectivity index (χ0v) is 10.5. The molecule has 3 unspecified atom stereocenters. The van der Waals surface area contributed by atoms with E-state index in [-0.39, 0.29) is 0 Å². The number of rotatable bonds is 4. The molecule has 2 N–H and O–H groups in total. The van der Waals surface area contributed by atoms with Crippen molar-refractivity contribution >= 4 is 0 Å². The van der Waals surface area contributed by atoms with E-state index in [9.17, 15) is 0 Å². The highest BCUT2D eigenvalue weighted by Crippen LogP contribution is 2.23. The Bertz CT molecular complexity index is 204. The van der Waals surface area contributed by atoms with Gasteiger partial charge in [-0.1, -0.05) is 0 Å². The van der Waals surface area contributed by atoms with Crippen molar-refractivity contribution in [3.63, 3.8) is 0 Å². The molecule has 0 aromatic heterocycles. The van der Waals surface area contributed by atoms with Gasteiger partial charge in [-0.15, -0.1) is 0 Å². The topological polar surface area (TPSA) is 38.5 Å². The van der Waals surface area contributed by atoms with Gasteiger partial charge in [0.1, 0.15) is 0 Å².